The van der Waals surface area contributed by atoms with Gasteiger partial charge in [0.1, 0.15) is 0 Å². The summed E-state index contributed by atoms with van der Waals surface area (Å²) < 4.78 is 0. The third-order valence-electron chi connectivity index (χ3n) is 3.12. The topological polar surface area (TPSA) is 0 Å². The van der Waals surface area contributed by atoms with Gasteiger partial charge >= 0.3 is 0 Å². The molecule has 1 fully saturated rings. The molecule has 0 aromatic heterocycles. The minimum atomic E-state index is 0.345. The Labute approximate surface area is 69.4 Å². The van der Waals surface area contributed by atoms with Crippen molar-refractivity contribution in [3.05, 3.63) is 0 Å². The summed E-state index contributed by atoms with van der Waals surface area (Å²) in [5, 5.41) is 0. The number of hydrogen-bond donors (Lipinski definition) is 0. The smallest absolute Gasteiger partial charge is 0.0200 e. The summed E-state index contributed by atoms with van der Waals surface area (Å²) in [5.41, 5.74) is 2.54. The molecule has 0 aliphatic heterocycles. The summed E-state index contributed by atoms with van der Waals surface area (Å²) in [4.78, 5) is 0. The lowest BCUT2D eigenvalue weighted by atomic mass is 9.99. The molecule has 2 heteroatoms. The van der Waals surface area contributed by atoms with Gasteiger partial charge in [0.2, 0.25) is 0 Å². The molecule has 0 aromatic carbocycles. The molecule has 60 valence electrons. The van der Waals surface area contributed by atoms with Crippen molar-refractivity contribution in [3.8, 4) is 0 Å². The first-order chi connectivity index (χ1) is 4.88. The van der Waals surface area contributed by atoms with Gasteiger partial charge in [-0.2, -0.15) is 0 Å². The monoisotopic (exact) mass is 172 g/mol. The van der Waals surface area contributed by atoms with Crippen molar-refractivity contribution in [3.63, 3.8) is 0 Å². The van der Waals surface area contributed by atoms with Crippen LogP contribution in [0, 0.1) is 0 Å². The molecule has 0 spiro atoms. The fourth-order valence-electron chi connectivity index (χ4n) is 2.36. The Kier molecular flexibility index (Phi) is 3.70. The van der Waals surface area contributed by atoms with Gasteiger partial charge in [-0.15, -0.1) is 0 Å². The van der Waals surface area contributed by atoms with Crippen LogP contribution in [0.25, 0.3) is 0 Å². The first-order valence-electron chi connectivity index (χ1n) is 4.88. The van der Waals surface area contributed by atoms with Gasteiger partial charge in [-0.3, -0.25) is 0 Å². The molecule has 0 nitrogen and oxygen atoms in total. The van der Waals surface area contributed by atoms with Crippen molar-refractivity contribution < 1.29 is 0 Å². The highest BCUT2D eigenvalue weighted by molar-refractivity contribution is 6.43. The van der Waals surface area contributed by atoms with Gasteiger partial charge in [-0.25, -0.2) is 0 Å². The second-order valence-electron chi connectivity index (χ2n) is 3.62. The second-order valence-corrected chi connectivity index (χ2v) is 7.35. The van der Waals surface area contributed by atoms with E-state index in [-0.39, 0.29) is 0 Å². The Hall–Kier alpha value is 0.434. The second kappa shape index (κ2) is 4.34. The molecule has 1 aliphatic carbocycles. The van der Waals surface area contributed by atoms with E-state index in [4.69, 9.17) is 0 Å². The largest absolute Gasteiger partial charge is 0.0746 e. The molecule has 1 rings (SSSR count). The molecule has 1 aliphatic rings. The van der Waals surface area contributed by atoms with Crippen LogP contribution in [0.3, 0.4) is 0 Å². The maximum Gasteiger partial charge on any atom is 0.0200 e. The van der Waals surface area contributed by atoms with E-state index in [0.29, 0.717) is 19.0 Å². The van der Waals surface area contributed by atoms with Crippen molar-refractivity contribution in [1.82, 2.24) is 0 Å². The molecule has 0 radical (unpaired) electrons. The van der Waals surface area contributed by atoms with Crippen molar-refractivity contribution >= 4 is 19.0 Å². The fraction of sp³-hybridized carbons (Fsp3) is 1.00. The molecular formula is C8H20Si2. The predicted octanol–water partition coefficient (Wildman–Crippen LogP) is 1.57. The molecule has 0 amide bonds. The van der Waals surface area contributed by atoms with Crippen LogP contribution in [-0.4, -0.2) is 19.0 Å². The van der Waals surface area contributed by atoms with E-state index in [2.05, 4.69) is 13.1 Å². The van der Waals surface area contributed by atoms with E-state index >= 15 is 0 Å². The molecule has 0 heterocycles. The van der Waals surface area contributed by atoms with Gasteiger partial charge in [0, 0.05) is 19.0 Å². The van der Waals surface area contributed by atoms with Crippen LogP contribution in [0.5, 0.6) is 0 Å². The Bertz CT molecular complexity index is 81.3. The highest BCUT2D eigenvalue weighted by atomic mass is 28.2. The van der Waals surface area contributed by atoms with Crippen LogP contribution in [-0.2, 0) is 0 Å². The van der Waals surface area contributed by atoms with Crippen molar-refractivity contribution in [2.75, 3.05) is 0 Å². The van der Waals surface area contributed by atoms with Gasteiger partial charge in [0.15, 0.2) is 0 Å². The normalized spacial score (nSPS) is 36.6. The lowest BCUT2D eigenvalue weighted by Crippen LogP contribution is -2.16. The molecular weight excluding hydrogens is 152 g/mol. The Morgan fingerprint density at radius 2 is 1.30 bits per heavy atom. The summed E-state index contributed by atoms with van der Waals surface area (Å²) in [6.07, 6.45) is 6.31. The maximum atomic E-state index is 2.51. The Morgan fingerprint density at radius 1 is 0.900 bits per heavy atom. The van der Waals surface area contributed by atoms with Crippen LogP contribution < -0.4 is 0 Å². The van der Waals surface area contributed by atoms with Crippen LogP contribution in [0.2, 0.25) is 24.2 Å². The van der Waals surface area contributed by atoms with E-state index in [9.17, 15) is 0 Å². The maximum absolute atomic E-state index is 2.51. The number of rotatable bonds is 2. The molecule has 2 unspecified atom stereocenters. The minimum Gasteiger partial charge on any atom is -0.0746 e. The molecule has 1 saturated carbocycles. The summed E-state index contributed by atoms with van der Waals surface area (Å²) in [5.74, 6) is 0. The molecule has 0 saturated heterocycles. The van der Waals surface area contributed by atoms with Crippen molar-refractivity contribution in [2.45, 2.75) is 49.9 Å². The zero-order valence-electron chi connectivity index (χ0n) is 7.40. The Balaban J connectivity index is 2.34. The molecule has 0 bridgehead atoms. The van der Waals surface area contributed by atoms with Crippen LogP contribution in [0.15, 0.2) is 0 Å². The van der Waals surface area contributed by atoms with Gasteiger partial charge in [-0.05, 0) is 0 Å². The molecule has 2 atom stereocenters. The van der Waals surface area contributed by atoms with Gasteiger partial charge in [0.05, 0.1) is 0 Å². The molecule has 0 aromatic rings. The Morgan fingerprint density at radius 3 is 1.60 bits per heavy atom. The van der Waals surface area contributed by atoms with Crippen LogP contribution in [0.1, 0.15) is 25.7 Å². The quantitative estimate of drug-likeness (QED) is 0.555. The predicted molar refractivity (Wildman–Crippen MR) is 54.8 cm³/mol. The van der Waals surface area contributed by atoms with Crippen LogP contribution >= 0.6 is 0 Å². The van der Waals surface area contributed by atoms with E-state index in [1.807, 2.05) is 0 Å². The zero-order chi connectivity index (χ0) is 7.40. The van der Waals surface area contributed by atoms with Crippen LogP contribution in [0.4, 0.5) is 0 Å². The molecule has 0 N–H and O–H groups in total. The third-order valence-corrected chi connectivity index (χ3v) is 8.03. The van der Waals surface area contributed by atoms with Gasteiger partial charge in [-0.1, -0.05) is 49.9 Å². The first kappa shape index (κ1) is 8.53. The van der Waals surface area contributed by atoms with Gasteiger partial charge < -0.3 is 0 Å². The summed E-state index contributed by atoms with van der Waals surface area (Å²) in [6.45, 7) is 5.01. The fourth-order valence-corrected chi connectivity index (χ4v) is 7.56. The van der Waals surface area contributed by atoms with Crippen molar-refractivity contribution in [2.24, 2.45) is 0 Å². The lowest BCUT2D eigenvalue weighted by molar-refractivity contribution is 0.498. The van der Waals surface area contributed by atoms with E-state index in [1.54, 1.807) is 25.7 Å². The van der Waals surface area contributed by atoms with Gasteiger partial charge in [0.25, 0.3) is 0 Å². The average molecular weight is 172 g/mol. The standard InChI is InChI=1S/C8H20Si2/c1-9-7-5-3-4-6-8(7)10-2/h7-8H,3-6,9-10H2,1-2H3. The summed E-state index contributed by atoms with van der Waals surface area (Å²) in [6, 6.07) is 0. The SMILES string of the molecule is C[SiH2]C1CCCCC1[SiH2]C. The van der Waals surface area contributed by atoms with E-state index in [1.165, 1.54) is 11.1 Å². The van der Waals surface area contributed by atoms with E-state index < -0.39 is 0 Å². The number of hydrogen-bond acceptors (Lipinski definition) is 0. The van der Waals surface area contributed by atoms with Crippen molar-refractivity contribution in [1.29, 1.82) is 0 Å². The zero-order valence-corrected chi connectivity index (χ0v) is 10.2. The minimum absolute atomic E-state index is 0.345. The lowest BCUT2D eigenvalue weighted by Gasteiger charge is -2.29. The summed E-state index contributed by atoms with van der Waals surface area (Å²) in [7, 11) is 0.689. The summed E-state index contributed by atoms with van der Waals surface area (Å²) >= 11 is 0. The average Bonchev–Trinajstić information content (AvgIpc) is 2.04. The molecule has 10 heavy (non-hydrogen) atoms. The third kappa shape index (κ3) is 1.96. The van der Waals surface area contributed by atoms with E-state index in [0.717, 1.165) is 0 Å². The first-order valence-corrected chi connectivity index (χ1v) is 9.34. The highest BCUT2D eigenvalue weighted by Gasteiger charge is 2.21. The highest BCUT2D eigenvalue weighted by Crippen LogP contribution is 2.37.